The highest BCUT2D eigenvalue weighted by Crippen LogP contribution is 2.43. The van der Waals surface area contributed by atoms with Crippen molar-refractivity contribution in [3.8, 4) is 23.0 Å². The normalized spacial score (nSPS) is 12.1. The van der Waals surface area contributed by atoms with Gasteiger partial charge in [-0.15, -0.1) is 26.3 Å². The van der Waals surface area contributed by atoms with Gasteiger partial charge in [0.1, 0.15) is 5.75 Å². The van der Waals surface area contributed by atoms with Gasteiger partial charge in [0.15, 0.2) is 11.5 Å². The minimum Gasteiger partial charge on any atom is -0.493 e. The van der Waals surface area contributed by atoms with Crippen LogP contribution >= 0.6 is 0 Å². The van der Waals surface area contributed by atoms with Gasteiger partial charge in [0.05, 0.1) is 25.6 Å². The molecule has 2 aromatic carbocycles. The summed E-state index contributed by atoms with van der Waals surface area (Å²) < 4.78 is 91.3. The van der Waals surface area contributed by atoms with Crippen molar-refractivity contribution in [3.63, 3.8) is 0 Å². The largest absolute Gasteiger partial charge is 0.573 e. The number of alkyl halides is 6. The first-order valence-electron chi connectivity index (χ1n) is 7.30. The van der Waals surface area contributed by atoms with Crippen molar-refractivity contribution in [2.45, 2.75) is 12.7 Å². The number of methoxy groups -OCH3 is 2. The molecule has 12 heteroatoms. The number of hydrogen-bond acceptors (Lipinski definition) is 6. The van der Waals surface area contributed by atoms with Gasteiger partial charge in [-0.25, -0.2) is 0 Å². The van der Waals surface area contributed by atoms with Crippen LogP contribution in [0.2, 0.25) is 0 Å². The van der Waals surface area contributed by atoms with Gasteiger partial charge >= 0.3 is 12.7 Å². The Labute approximate surface area is 154 Å². The van der Waals surface area contributed by atoms with E-state index in [1.165, 1.54) is 12.1 Å². The average molecular weight is 410 g/mol. The molecule has 0 N–H and O–H groups in total. The van der Waals surface area contributed by atoms with Gasteiger partial charge in [0.25, 0.3) is 0 Å². The number of hydrogen-bond donors (Lipinski definition) is 0. The maximum absolute atomic E-state index is 12.5. The molecule has 0 heterocycles. The third kappa shape index (κ3) is 6.21. The number of benzene rings is 2. The zero-order chi connectivity index (χ0) is 20.9. The van der Waals surface area contributed by atoms with Crippen molar-refractivity contribution < 1.29 is 45.3 Å². The maximum atomic E-state index is 12.5. The van der Waals surface area contributed by atoms with Gasteiger partial charge in [0.2, 0.25) is 5.75 Å². The molecular formula is C16H12F6N2O4. The summed E-state index contributed by atoms with van der Waals surface area (Å²) in [7, 11) is 2.25. The minimum atomic E-state index is -4.97. The topological polar surface area (TPSA) is 61.6 Å². The van der Waals surface area contributed by atoms with Crippen molar-refractivity contribution in [1.29, 1.82) is 0 Å². The summed E-state index contributed by atoms with van der Waals surface area (Å²) in [5.41, 5.74) is 0.224. The number of azo groups is 1. The van der Waals surface area contributed by atoms with E-state index in [2.05, 4.69) is 19.7 Å². The first kappa shape index (κ1) is 21.1. The fraction of sp³-hybridized carbons (Fsp3) is 0.250. The van der Waals surface area contributed by atoms with Gasteiger partial charge in [-0.2, -0.15) is 10.2 Å². The Bertz CT molecular complexity index is 810. The van der Waals surface area contributed by atoms with E-state index in [0.29, 0.717) is 0 Å². The Hall–Kier alpha value is -3.18. The quantitative estimate of drug-likeness (QED) is 0.438. The molecule has 28 heavy (non-hydrogen) atoms. The Morgan fingerprint density at radius 3 is 1.57 bits per heavy atom. The second kappa shape index (κ2) is 8.23. The summed E-state index contributed by atoms with van der Waals surface area (Å²) in [5, 5.41) is 7.58. The van der Waals surface area contributed by atoms with E-state index in [9.17, 15) is 26.3 Å². The van der Waals surface area contributed by atoms with Crippen LogP contribution in [0.25, 0.3) is 0 Å². The van der Waals surface area contributed by atoms with Crippen LogP contribution in [0.5, 0.6) is 23.0 Å². The summed E-state index contributed by atoms with van der Waals surface area (Å²) in [5.74, 6) is -1.74. The van der Waals surface area contributed by atoms with E-state index in [1.807, 2.05) is 0 Å². The number of halogens is 6. The van der Waals surface area contributed by atoms with Crippen LogP contribution in [0.15, 0.2) is 46.6 Å². The summed E-state index contributed by atoms with van der Waals surface area (Å²) in [6, 6.07) is 6.72. The lowest BCUT2D eigenvalue weighted by Crippen LogP contribution is -2.18. The van der Waals surface area contributed by atoms with E-state index in [-0.39, 0.29) is 22.9 Å². The molecule has 0 saturated carbocycles. The van der Waals surface area contributed by atoms with Gasteiger partial charge in [0, 0.05) is 12.1 Å². The summed E-state index contributed by atoms with van der Waals surface area (Å²) in [6.07, 6.45) is -9.79. The highest BCUT2D eigenvalue weighted by Gasteiger charge is 2.34. The van der Waals surface area contributed by atoms with E-state index in [4.69, 9.17) is 9.47 Å². The molecule has 0 aliphatic heterocycles. The van der Waals surface area contributed by atoms with E-state index < -0.39 is 24.2 Å². The van der Waals surface area contributed by atoms with Gasteiger partial charge in [-0.05, 0) is 24.3 Å². The first-order valence-corrected chi connectivity index (χ1v) is 7.30. The van der Waals surface area contributed by atoms with Crippen LogP contribution in [0.3, 0.4) is 0 Å². The molecule has 0 atom stereocenters. The maximum Gasteiger partial charge on any atom is 0.573 e. The lowest BCUT2D eigenvalue weighted by atomic mass is 10.2. The molecule has 2 aromatic rings. The lowest BCUT2D eigenvalue weighted by molar-refractivity contribution is -0.276. The molecule has 2 rings (SSSR count). The molecule has 0 bridgehead atoms. The molecule has 0 saturated heterocycles. The third-order valence-electron chi connectivity index (χ3n) is 3.01. The molecule has 6 nitrogen and oxygen atoms in total. The number of ether oxygens (including phenoxy) is 4. The molecule has 0 spiro atoms. The monoisotopic (exact) mass is 410 g/mol. The molecule has 0 aromatic heterocycles. The zero-order valence-electron chi connectivity index (χ0n) is 14.3. The average Bonchev–Trinajstić information content (AvgIpc) is 2.59. The molecule has 0 radical (unpaired) electrons. The van der Waals surface area contributed by atoms with Crippen LogP contribution in [0.1, 0.15) is 0 Å². The van der Waals surface area contributed by atoms with Gasteiger partial charge < -0.3 is 18.9 Å². The molecule has 0 amide bonds. The van der Waals surface area contributed by atoms with E-state index in [0.717, 1.165) is 38.5 Å². The van der Waals surface area contributed by atoms with Crippen LogP contribution in [0, 0.1) is 0 Å². The molecular weight excluding hydrogens is 398 g/mol. The van der Waals surface area contributed by atoms with Crippen molar-refractivity contribution in [3.05, 3.63) is 36.4 Å². The second-order valence-corrected chi connectivity index (χ2v) is 4.97. The van der Waals surface area contributed by atoms with Crippen molar-refractivity contribution in [2.75, 3.05) is 14.2 Å². The lowest BCUT2D eigenvalue weighted by Gasteiger charge is -2.16. The Balaban J connectivity index is 2.26. The van der Waals surface area contributed by atoms with E-state index >= 15 is 0 Å². The standard InChI is InChI=1S/C16H12F6N2O4/c1-25-12-7-10(8-13(26-2)14(12)28-16(20,21)22)24-23-9-3-5-11(6-4-9)27-15(17,18)19/h3-8H,1-2H3. The van der Waals surface area contributed by atoms with Crippen molar-refractivity contribution in [2.24, 2.45) is 10.2 Å². The molecule has 0 unspecified atom stereocenters. The Kier molecular flexibility index (Phi) is 6.21. The smallest absolute Gasteiger partial charge is 0.493 e. The highest BCUT2D eigenvalue weighted by atomic mass is 19.4. The van der Waals surface area contributed by atoms with Crippen LogP contribution in [-0.4, -0.2) is 26.9 Å². The molecule has 0 fully saturated rings. The first-order chi connectivity index (χ1) is 13.0. The Morgan fingerprint density at radius 1 is 0.679 bits per heavy atom. The number of nitrogens with zero attached hydrogens (tertiary/aromatic N) is 2. The third-order valence-corrected chi connectivity index (χ3v) is 3.01. The molecule has 152 valence electrons. The van der Waals surface area contributed by atoms with Gasteiger partial charge in [-0.3, -0.25) is 0 Å². The number of rotatable bonds is 6. The molecule has 0 aliphatic carbocycles. The fourth-order valence-corrected chi connectivity index (χ4v) is 1.97. The summed E-state index contributed by atoms with van der Waals surface area (Å²) in [6.45, 7) is 0. The fourth-order valence-electron chi connectivity index (χ4n) is 1.97. The van der Waals surface area contributed by atoms with E-state index in [1.54, 1.807) is 0 Å². The second-order valence-electron chi connectivity index (χ2n) is 4.97. The molecule has 0 aliphatic rings. The van der Waals surface area contributed by atoms with Crippen molar-refractivity contribution in [1.82, 2.24) is 0 Å². The SMILES string of the molecule is COc1cc(N=Nc2ccc(OC(F)(F)F)cc2)cc(OC)c1OC(F)(F)F. The van der Waals surface area contributed by atoms with Crippen LogP contribution in [0.4, 0.5) is 37.7 Å². The zero-order valence-corrected chi connectivity index (χ0v) is 14.3. The highest BCUT2D eigenvalue weighted by molar-refractivity contribution is 5.60. The van der Waals surface area contributed by atoms with Crippen LogP contribution in [-0.2, 0) is 0 Å². The summed E-state index contributed by atoms with van der Waals surface area (Å²) >= 11 is 0. The van der Waals surface area contributed by atoms with Crippen molar-refractivity contribution >= 4 is 11.4 Å². The summed E-state index contributed by atoms with van der Waals surface area (Å²) in [4.78, 5) is 0. The predicted molar refractivity (Wildman–Crippen MR) is 83.5 cm³/mol. The minimum absolute atomic E-state index is 0.0545. The Morgan fingerprint density at radius 2 is 1.14 bits per heavy atom. The predicted octanol–water partition coefficient (Wildman–Crippen LogP) is 5.92. The van der Waals surface area contributed by atoms with Gasteiger partial charge in [-0.1, -0.05) is 0 Å². The van der Waals surface area contributed by atoms with Crippen LogP contribution < -0.4 is 18.9 Å².